The fourth-order valence-corrected chi connectivity index (χ4v) is 3.54. The average Bonchev–Trinajstić information content (AvgIpc) is 3.19. The third-order valence-electron chi connectivity index (χ3n) is 4.82. The van der Waals surface area contributed by atoms with Crippen LogP contribution in [0.4, 0.5) is 4.79 Å². The Morgan fingerprint density at radius 3 is 2.38 bits per heavy atom. The van der Waals surface area contributed by atoms with Crippen LogP contribution in [0.3, 0.4) is 0 Å². The maximum absolute atomic E-state index is 12.5. The van der Waals surface area contributed by atoms with Crippen LogP contribution in [0.15, 0.2) is 24.3 Å². The summed E-state index contributed by atoms with van der Waals surface area (Å²) in [4.78, 5) is 50.7. The summed E-state index contributed by atoms with van der Waals surface area (Å²) in [5.41, 5.74) is 0.838. The Bertz CT molecular complexity index is 743. The van der Waals surface area contributed by atoms with E-state index in [-0.39, 0.29) is 12.1 Å². The molecule has 1 aliphatic heterocycles. The van der Waals surface area contributed by atoms with Crippen LogP contribution in [-0.4, -0.2) is 46.1 Å². The van der Waals surface area contributed by atoms with Gasteiger partial charge in [0.2, 0.25) is 5.91 Å². The first-order valence-electron chi connectivity index (χ1n) is 8.62. The summed E-state index contributed by atoms with van der Waals surface area (Å²) in [6, 6.07) is 5.74. The fourth-order valence-electron chi connectivity index (χ4n) is 3.41. The van der Waals surface area contributed by atoms with Crippen LogP contribution < -0.4 is 5.32 Å². The van der Waals surface area contributed by atoms with E-state index in [1.54, 1.807) is 31.2 Å². The Balaban J connectivity index is 1.63. The molecule has 2 aliphatic rings. The number of halogens is 1. The van der Waals surface area contributed by atoms with Crippen molar-refractivity contribution >= 4 is 35.4 Å². The zero-order valence-corrected chi connectivity index (χ0v) is 15.2. The van der Waals surface area contributed by atoms with Gasteiger partial charge in [0, 0.05) is 11.1 Å². The number of hydrogen-bond acceptors (Lipinski definition) is 4. The van der Waals surface area contributed by atoms with E-state index in [1.807, 2.05) is 0 Å². The number of rotatable bonds is 5. The molecule has 1 aromatic rings. The highest BCUT2D eigenvalue weighted by Crippen LogP contribution is 2.27. The Morgan fingerprint density at radius 2 is 1.77 bits per heavy atom. The molecule has 1 saturated carbocycles. The summed E-state index contributed by atoms with van der Waals surface area (Å²) in [6.07, 6.45) is 3.26. The van der Waals surface area contributed by atoms with E-state index in [0.29, 0.717) is 17.9 Å². The number of carbonyl (C=O) groups is 4. The number of carbonyl (C=O) groups excluding carboxylic acids is 4. The zero-order valence-electron chi connectivity index (χ0n) is 14.4. The molecule has 138 valence electrons. The van der Waals surface area contributed by atoms with E-state index in [0.717, 1.165) is 28.2 Å². The lowest BCUT2D eigenvalue weighted by molar-refractivity contribution is -0.144. The van der Waals surface area contributed by atoms with Gasteiger partial charge in [-0.2, -0.15) is 0 Å². The number of hydrogen-bond donors (Lipinski definition) is 1. The van der Waals surface area contributed by atoms with Gasteiger partial charge in [-0.15, -0.1) is 0 Å². The van der Waals surface area contributed by atoms with Crippen LogP contribution in [0.1, 0.15) is 44.2 Å². The molecule has 0 aromatic heterocycles. The summed E-state index contributed by atoms with van der Waals surface area (Å²) in [5, 5.41) is 3.31. The van der Waals surface area contributed by atoms with Crippen molar-refractivity contribution in [1.82, 2.24) is 15.1 Å². The van der Waals surface area contributed by atoms with E-state index in [1.165, 1.54) is 0 Å². The van der Waals surface area contributed by atoms with Crippen molar-refractivity contribution in [3.63, 3.8) is 0 Å². The van der Waals surface area contributed by atoms with Crippen molar-refractivity contribution in [2.24, 2.45) is 0 Å². The molecule has 2 fully saturated rings. The predicted molar refractivity (Wildman–Crippen MR) is 94.2 cm³/mol. The van der Waals surface area contributed by atoms with Gasteiger partial charge in [-0.3, -0.25) is 19.3 Å². The molecule has 0 unspecified atom stereocenters. The first kappa shape index (κ1) is 18.4. The van der Waals surface area contributed by atoms with Gasteiger partial charge < -0.3 is 5.32 Å². The van der Waals surface area contributed by atoms with E-state index in [4.69, 9.17) is 11.6 Å². The molecule has 5 amide bonds. The predicted octanol–water partition coefficient (Wildman–Crippen LogP) is 2.25. The summed E-state index contributed by atoms with van der Waals surface area (Å²) in [7, 11) is 0. The van der Waals surface area contributed by atoms with Crippen LogP contribution >= 0.6 is 11.6 Å². The molecule has 1 saturated heterocycles. The van der Waals surface area contributed by atoms with E-state index in [2.05, 4.69) is 5.32 Å². The molecule has 0 radical (unpaired) electrons. The van der Waals surface area contributed by atoms with Gasteiger partial charge in [0.05, 0.1) is 6.04 Å². The molecule has 3 rings (SSSR count). The number of nitrogens with zero attached hydrogens (tertiary/aromatic N) is 2. The van der Waals surface area contributed by atoms with Gasteiger partial charge in [-0.1, -0.05) is 36.6 Å². The SMILES string of the molecule is C[C@H](NC(=O)CN1C(=O)C(=O)N(C2CCCC2)C1=O)c1ccc(Cl)cc1. The van der Waals surface area contributed by atoms with Gasteiger partial charge in [-0.05, 0) is 37.5 Å². The van der Waals surface area contributed by atoms with E-state index < -0.39 is 30.3 Å². The molecular formula is C18H20ClN3O4. The second-order valence-electron chi connectivity index (χ2n) is 6.63. The number of nitrogens with one attached hydrogen (secondary N) is 1. The molecule has 1 aromatic carbocycles. The Labute approximate surface area is 156 Å². The number of amides is 5. The van der Waals surface area contributed by atoms with Crippen LogP contribution in [-0.2, 0) is 14.4 Å². The topological polar surface area (TPSA) is 86.8 Å². The van der Waals surface area contributed by atoms with Crippen LogP contribution in [0.25, 0.3) is 0 Å². The maximum atomic E-state index is 12.5. The molecule has 1 aliphatic carbocycles. The normalized spacial score (nSPS) is 19.4. The molecule has 1 heterocycles. The molecule has 0 spiro atoms. The molecule has 8 heteroatoms. The average molecular weight is 378 g/mol. The van der Waals surface area contributed by atoms with Crippen molar-refractivity contribution < 1.29 is 19.2 Å². The summed E-state index contributed by atoms with van der Waals surface area (Å²) in [6.45, 7) is 1.31. The quantitative estimate of drug-likeness (QED) is 0.629. The number of imide groups is 2. The van der Waals surface area contributed by atoms with Crippen molar-refractivity contribution in [2.75, 3.05) is 6.54 Å². The second kappa shape index (κ2) is 7.45. The number of urea groups is 1. The molecule has 1 N–H and O–H groups in total. The molecule has 0 bridgehead atoms. The van der Waals surface area contributed by atoms with Gasteiger partial charge in [0.1, 0.15) is 6.54 Å². The highest BCUT2D eigenvalue weighted by molar-refractivity contribution is 6.45. The summed E-state index contributed by atoms with van der Waals surface area (Å²) in [5.74, 6) is -2.27. The minimum Gasteiger partial charge on any atom is -0.348 e. The largest absolute Gasteiger partial charge is 0.348 e. The Morgan fingerprint density at radius 1 is 1.15 bits per heavy atom. The standard InChI is InChI=1S/C18H20ClN3O4/c1-11(12-6-8-13(19)9-7-12)20-15(23)10-21-16(24)17(25)22(18(21)26)14-4-2-3-5-14/h6-9,11,14H,2-5,10H2,1H3,(H,20,23)/t11-/m0/s1. The van der Waals surface area contributed by atoms with Gasteiger partial charge in [0.25, 0.3) is 0 Å². The van der Waals surface area contributed by atoms with Crippen LogP contribution in [0.5, 0.6) is 0 Å². The Kier molecular flexibility index (Phi) is 5.27. The summed E-state index contributed by atoms with van der Waals surface area (Å²) < 4.78 is 0. The van der Waals surface area contributed by atoms with Crippen molar-refractivity contribution in [3.05, 3.63) is 34.9 Å². The highest BCUT2D eigenvalue weighted by atomic mass is 35.5. The summed E-state index contributed by atoms with van der Waals surface area (Å²) >= 11 is 5.84. The monoisotopic (exact) mass is 377 g/mol. The lowest BCUT2D eigenvalue weighted by Gasteiger charge is -2.21. The number of benzene rings is 1. The van der Waals surface area contributed by atoms with Gasteiger partial charge in [0.15, 0.2) is 0 Å². The maximum Gasteiger partial charge on any atom is 0.334 e. The lowest BCUT2D eigenvalue weighted by Crippen LogP contribution is -2.43. The van der Waals surface area contributed by atoms with Crippen molar-refractivity contribution in [3.8, 4) is 0 Å². The van der Waals surface area contributed by atoms with Crippen LogP contribution in [0.2, 0.25) is 5.02 Å². The van der Waals surface area contributed by atoms with E-state index in [9.17, 15) is 19.2 Å². The smallest absolute Gasteiger partial charge is 0.334 e. The minimum absolute atomic E-state index is 0.236. The van der Waals surface area contributed by atoms with Crippen molar-refractivity contribution in [2.45, 2.75) is 44.7 Å². The van der Waals surface area contributed by atoms with Gasteiger partial charge in [-0.25, -0.2) is 9.69 Å². The highest BCUT2D eigenvalue weighted by Gasteiger charge is 2.48. The minimum atomic E-state index is -0.934. The lowest BCUT2D eigenvalue weighted by atomic mass is 10.1. The first-order chi connectivity index (χ1) is 12.4. The molecular weight excluding hydrogens is 358 g/mol. The zero-order chi connectivity index (χ0) is 18.8. The molecule has 1 atom stereocenters. The third-order valence-corrected chi connectivity index (χ3v) is 5.07. The van der Waals surface area contributed by atoms with E-state index >= 15 is 0 Å². The van der Waals surface area contributed by atoms with Gasteiger partial charge >= 0.3 is 17.8 Å². The fraction of sp³-hybridized carbons (Fsp3) is 0.444. The first-order valence-corrected chi connectivity index (χ1v) is 9.00. The second-order valence-corrected chi connectivity index (χ2v) is 7.06. The van der Waals surface area contributed by atoms with Crippen LogP contribution in [0, 0.1) is 0 Å². The Hall–Kier alpha value is -2.41. The molecule has 7 nitrogen and oxygen atoms in total. The third kappa shape index (κ3) is 3.58. The molecule has 26 heavy (non-hydrogen) atoms. The van der Waals surface area contributed by atoms with Crippen molar-refractivity contribution in [1.29, 1.82) is 0 Å².